The maximum atomic E-state index is 14.1. The SMILES string of the molecule is Fc1cccc([C@H]2c3ccccc3CCN2C2=NO[C@]3(C2)CN2CCC3CC2)c1. The standard InChI is InChI=1S/C24H26FN3O/c25-20-6-3-5-18(14-20)23-21-7-2-1-4-17(21)8-13-28(23)22-15-24(29-26-22)16-27-11-9-19(24)10-12-27/h1-7,14,19,23H,8-13,15-16H2/t23-,24+/m0/s1. The van der Waals surface area contributed by atoms with Crippen molar-refractivity contribution in [1.82, 2.24) is 9.80 Å². The van der Waals surface area contributed by atoms with Gasteiger partial charge in [0.25, 0.3) is 0 Å². The van der Waals surface area contributed by atoms with Crippen molar-refractivity contribution in [3.8, 4) is 0 Å². The largest absolute Gasteiger partial charge is 0.386 e. The molecule has 4 nitrogen and oxygen atoms in total. The van der Waals surface area contributed by atoms with Crippen LogP contribution >= 0.6 is 0 Å². The van der Waals surface area contributed by atoms with E-state index in [0.29, 0.717) is 5.92 Å². The Kier molecular flexibility index (Phi) is 3.95. The summed E-state index contributed by atoms with van der Waals surface area (Å²) in [6.07, 6.45) is 4.25. The first-order valence-electron chi connectivity index (χ1n) is 10.8. The summed E-state index contributed by atoms with van der Waals surface area (Å²) in [6, 6.07) is 15.5. The first kappa shape index (κ1) is 17.5. The van der Waals surface area contributed by atoms with E-state index in [1.54, 1.807) is 6.07 Å². The van der Waals surface area contributed by atoms with Crippen molar-refractivity contribution in [3.05, 3.63) is 71.0 Å². The fourth-order valence-corrected chi connectivity index (χ4v) is 5.94. The Hall–Kier alpha value is -2.40. The number of benzene rings is 2. The predicted molar refractivity (Wildman–Crippen MR) is 110 cm³/mol. The lowest BCUT2D eigenvalue weighted by Gasteiger charge is -2.49. The molecule has 29 heavy (non-hydrogen) atoms. The summed E-state index contributed by atoms with van der Waals surface area (Å²) in [6.45, 7) is 4.24. The van der Waals surface area contributed by atoms with Gasteiger partial charge in [-0.05, 0) is 61.2 Å². The van der Waals surface area contributed by atoms with Crippen molar-refractivity contribution in [2.45, 2.75) is 37.3 Å². The molecule has 0 unspecified atom stereocenters. The third-order valence-corrected chi connectivity index (χ3v) is 7.39. The van der Waals surface area contributed by atoms with Crippen LogP contribution in [-0.4, -0.2) is 47.4 Å². The van der Waals surface area contributed by atoms with E-state index in [1.807, 2.05) is 12.1 Å². The summed E-state index contributed by atoms with van der Waals surface area (Å²) in [7, 11) is 0. The highest BCUT2D eigenvalue weighted by atomic mass is 19.1. The second kappa shape index (κ2) is 6.56. The van der Waals surface area contributed by atoms with Gasteiger partial charge in [0, 0.05) is 19.0 Å². The molecule has 2 aromatic carbocycles. The third-order valence-electron chi connectivity index (χ3n) is 7.39. The Morgan fingerprint density at radius 1 is 1.03 bits per heavy atom. The summed E-state index contributed by atoms with van der Waals surface area (Å²) in [5.74, 6) is 1.44. The molecule has 0 radical (unpaired) electrons. The average Bonchev–Trinajstić information content (AvgIpc) is 3.17. The van der Waals surface area contributed by atoms with Gasteiger partial charge in [-0.3, -0.25) is 4.90 Å². The maximum Gasteiger partial charge on any atom is 0.160 e. The van der Waals surface area contributed by atoms with Crippen molar-refractivity contribution in [1.29, 1.82) is 0 Å². The van der Waals surface area contributed by atoms with E-state index >= 15 is 0 Å². The van der Waals surface area contributed by atoms with Crippen molar-refractivity contribution in [2.75, 3.05) is 26.2 Å². The number of piperidine rings is 3. The molecule has 5 aliphatic heterocycles. The number of oxime groups is 1. The molecular weight excluding hydrogens is 365 g/mol. The van der Waals surface area contributed by atoms with Crippen molar-refractivity contribution in [2.24, 2.45) is 11.1 Å². The second-order valence-corrected chi connectivity index (χ2v) is 8.99. The van der Waals surface area contributed by atoms with Gasteiger partial charge in [-0.15, -0.1) is 0 Å². The third kappa shape index (κ3) is 2.78. The minimum Gasteiger partial charge on any atom is -0.386 e. The van der Waals surface area contributed by atoms with Gasteiger partial charge in [-0.2, -0.15) is 0 Å². The Morgan fingerprint density at radius 2 is 1.90 bits per heavy atom. The van der Waals surface area contributed by atoms with Crippen LogP contribution in [0.4, 0.5) is 4.39 Å². The molecule has 0 amide bonds. The number of nitrogens with zero attached hydrogens (tertiary/aromatic N) is 3. The van der Waals surface area contributed by atoms with Crippen LogP contribution in [0.5, 0.6) is 0 Å². The van der Waals surface area contributed by atoms with Crippen molar-refractivity contribution in [3.63, 3.8) is 0 Å². The highest BCUT2D eigenvalue weighted by Gasteiger charge is 2.53. The molecule has 3 saturated heterocycles. The number of fused-ring (bicyclic) bond motifs is 3. The topological polar surface area (TPSA) is 28.1 Å². The van der Waals surface area contributed by atoms with Gasteiger partial charge in [0.05, 0.1) is 12.5 Å². The molecule has 2 aromatic rings. The highest BCUT2D eigenvalue weighted by Crippen LogP contribution is 2.45. The molecule has 0 saturated carbocycles. The zero-order valence-electron chi connectivity index (χ0n) is 16.6. The van der Waals surface area contributed by atoms with Crippen LogP contribution in [0.3, 0.4) is 0 Å². The molecule has 150 valence electrons. The van der Waals surface area contributed by atoms with Crippen LogP contribution in [0.15, 0.2) is 53.7 Å². The molecular formula is C24H26FN3O. The predicted octanol–water partition coefficient (Wildman–Crippen LogP) is 3.97. The molecule has 0 aromatic heterocycles. The lowest BCUT2D eigenvalue weighted by atomic mass is 9.73. The Balaban J connectivity index is 1.36. The smallest absolute Gasteiger partial charge is 0.160 e. The lowest BCUT2D eigenvalue weighted by molar-refractivity contribution is -0.136. The molecule has 2 bridgehead atoms. The van der Waals surface area contributed by atoms with Crippen LogP contribution in [-0.2, 0) is 11.3 Å². The zero-order valence-corrected chi connectivity index (χ0v) is 16.6. The number of rotatable bonds is 1. The van der Waals surface area contributed by atoms with E-state index in [1.165, 1.54) is 43.1 Å². The van der Waals surface area contributed by atoms with Gasteiger partial charge >= 0.3 is 0 Å². The fourth-order valence-electron chi connectivity index (χ4n) is 5.94. The van der Waals surface area contributed by atoms with Crippen LogP contribution < -0.4 is 0 Å². The molecule has 5 aliphatic rings. The maximum absolute atomic E-state index is 14.1. The van der Waals surface area contributed by atoms with Crippen molar-refractivity contribution >= 4 is 5.84 Å². The summed E-state index contributed by atoms with van der Waals surface area (Å²) < 4.78 is 14.1. The minimum absolute atomic E-state index is 0.0192. The second-order valence-electron chi connectivity index (χ2n) is 8.99. The van der Waals surface area contributed by atoms with Gasteiger partial charge in [0.15, 0.2) is 5.60 Å². The van der Waals surface area contributed by atoms with Gasteiger partial charge in [-0.25, -0.2) is 4.39 Å². The van der Waals surface area contributed by atoms with E-state index in [4.69, 9.17) is 4.84 Å². The normalized spacial score (nSPS) is 32.8. The molecule has 5 heteroatoms. The lowest BCUT2D eigenvalue weighted by Crippen LogP contribution is -2.59. The first-order chi connectivity index (χ1) is 14.2. The number of amidine groups is 1. The van der Waals surface area contributed by atoms with Crippen LogP contribution in [0, 0.1) is 11.7 Å². The molecule has 5 heterocycles. The van der Waals surface area contributed by atoms with Gasteiger partial charge in [0.1, 0.15) is 11.7 Å². The molecule has 2 atom stereocenters. The van der Waals surface area contributed by atoms with E-state index < -0.39 is 0 Å². The summed E-state index contributed by atoms with van der Waals surface area (Å²) in [4.78, 5) is 11.1. The average molecular weight is 391 g/mol. The molecule has 7 rings (SSSR count). The number of hydrogen-bond acceptors (Lipinski definition) is 4. The highest BCUT2D eigenvalue weighted by molar-refractivity contribution is 5.85. The number of hydrogen-bond donors (Lipinski definition) is 0. The van der Waals surface area contributed by atoms with Gasteiger partial charge in [0.2, 0.25) is 0 Å². The van der Waals surface area contributed by atoms with E-state index in [9.17, 15) is 4.39 Å². The summed E-state index contributed by atoms with van der Waals surface area (Å²) in [5.41, 5.74) is 3.42. The zero-order chi connectivity index (χ0) is 19.4. The van der Waals surface area contributed by atoms with Crippen LogP contribution in [0.1, 0.15) is 42.0 Å². The Morgan fingerprint density at radius 3 is 2.69 bits per heavy atom. The van der Waals surface area contributed by atoms with E-state index in [0.717, 1.165) is 37.3 Å². The van der Waals surface area contributed by atoms with Crippen molar-refractivity contribution < 1.29 is 9.23 Å². The molecule has 0 N–H and O–H groups in total. The number of halogens is 1. The Bertz CT molecular complexity index is 968. The van der Waals surface area contributed by atoms with Gasteiger partial charge in [-0.1, -0.05) is 41.6 Å². The Labute approximate surface area is 170 Å². The van der Waals surface area contributed by atoms with E-state index in [-0.39, 0.29) is 17.5 Å². The van der Waals surface area contributed by atoms with Gasteiger partial charge < -0.3 is 9.74 Å². The fraction of sp³-hybridized carbons (Fsp3) is 0.458. The molecule has 3 fully saturated rings. The van der Waals surface area contributed by atoms with E-state index in [2.05, 4.69) is 39.2 Å². The summed E-state index contributed by atoms with van der Waals surface area (Å²) >= 11 is 0. The minimum atomic E-state index is -0.191. The summed E-state index contributed by atoms with van der Waals surface area (Å²) in [5, 5.41) is 4.65. The molecule has 0 aliphatic carbocycles. The first-order valence-corrected chi connectivity index (χ1v) is 10.8. The molecule has 1 spiro atoms. The quantitative estimate of drug-likeness (QED) is 0.736. The van der Waals surface area contributed by atoms with Crippen LogP contribution in [0.25, 0.3) is 0 Å². The van der Waals surface area contributed by atoms with Crippen LogP contribution in [0.2, 0.25) is 0 Å². The monoisotopic (exact) mass is 391 g/mol.